The highest BCUT2D eigenvalue weighted by Crippen LogP contribution is 2.28. The average molecular weight is 446 g/mol. The Morgan fingerprint density at radius 3 is 2.63 bits per heavy atom. The van der Waals surface area contributed by atoms with Crippen LogP contribution in [0.5, 0.6) is 0 Å². The third kappa shape index (κ3) is 4.32. The van der Waals surface area contributed by atoms with Gasteiger partial charge in [-0.1, -0.05) is 29.3 Å². The Balaban J connectivity index is 2.02. The Morgan fingerprint density at radius 1 is 1.30 bits per heavy atom. The van der Waals surface area contributed by atoms with E-state index in [0.29, 0.717) is 32.7 Å². The van der Waals surface area contributed by atoms with Crippen molar-refractivity contribution in [3.63, 3.8) is 0 Å². The van der Waals surface area contributed by atoms with E-state index in [-0.39, 0.29) is 10.3 Å². The number of carbonyl (C=O) groups is 1. The normalized spacial score (nSPS) is 11.7. The van der Waals surface area contributed by atoms with Crippen molar-refractivity contribution in [1.82, 2.24) is 14.7 Å². The minimum Gasteiger partial charge on any atom is -0.310 e. The molecule has 2 heterocycles. The van der Waals surface area contributed by atoms with E-state index in [2.05, 4.69) is 9.97 Å². The van der Waals surface area contributed by atoms with Crippen LogP contribution in [0.25, 0.3) is 10.2 Å². The van der Waals surface area contributed by atoms with Crippen molar-refractivity contribution in [2.75, 3.05) is 6.26 Å². The van der Waals surface area contributed by atoms with Gasteiger partial charge in [0, 0.05) is 6.42 Å². The van der Waals surface area contributed by atoms with Crippen molar-refractivity contribution in [3.8, 4) is 0 Å². The molecular formula is C16H13Cl2N3O4S2. The first-order valence-electron chi connectivity index (χ1n) is 7.53. The van der Waals surface area contributed by atoms with E-state index < -0.39 is 21.5 Å². The number of fused-ring (bicyclic) bond motifs is 1. The maximum atomic E-state index is 12.5. The summed E-state index contributed by atoms with van der Waals surface area (Å²) in [6, 6.07) is 5.10. The summed E-state index contributed by atoms with van der Waals surface area (Å²) < 4.78 is 24.5. The molecule has 0 aliphatic heterocycles. The van der Waals surface area contributed by atoms with Gasteiger partial charge in [-0.25, -0.2) is 18.1 Å². The van der Waals surface area contributed by atoms with Gasteiger partial charge in [-0.3, -0.25) is 9.59 Å². The number of amides is 1. The first kappa shape index (κ1) is 19.8. The molecule has 0 radical (unpaired) electrons. The van der Waals surface area contributed by atoms with Crippen LogP contribution in [0.2, 0.25) is 10.0 Å². The molecule has 0 spiro atoms. The number of hydrogen-bond acceptors (Lipinski definition) is 6. The summed E-state index contributed by atoms with van der Waals surface area (Å²) >= 11 is 12.9. The van der Waals surface area contributed by atoms with Crippen LogP contribution in [0, 0.1) is 6.92 Å². The lowest BCUT2D eigenvalue weighted by atomic mass is 10.1. The van der Waals surface area contributed by atoms with Gasteiger partial charge in [0.25, 0.3) is 11.5 Å². The lowest BCUT2D eigenvalue weighted by Gasteiger charge is -2.03. The van der Waals surface area contributed by atoms with Crippen LogP contribution in [0.4, 0.5) is 0 Å². The second-order valence-electron chi connectivity index (χ2n) is 5.88. The molecule has 1 amide bonds. The molecule has 11 heteroatoms. The number of aromatic amines is 1. The van der Waals surface area contributed by atoms with Crippen molar-refractivity contribution in [3.05, 3.63) is 60.4 Å². The van der Waals surface area contributed by atoms with E-state index in [1.807, 2.05) is 4.72 Å². The molecule has 1 aromatic carbocycles. The second kappa shape index (κ2) is 7.23. The Kier molecular flexibility index (Phi) is 5.31. The largest absolute Gasteiger partial charge is 0.310 e. The number of sulfonamides is 1. The number of aryl methyl sites for hydroxylation is 1. The highest BCUT2D eigenvalue weighted by molar-refractivity contribution is 7.89. The van der Waals surface area contributed by atoms with Crippen molar-refractivity contribution in [2.24, 2.45) is 0 Å². The molecular weight excluding hydrogens is 433 g/mol. The van der Waals surface area contributed by atoms with E-state index in [4.69, 9.17) is 23.2 Å². The van der Waals surface area contributed by atoms with Gasteiger partial charge >= 0.3 is 0 Å². The molecule has 0 saturated carbocycles. The molecule has 3 rings (SSSR count). The zero-order valence-electron chi connectivity index (χ0n) is 14.1. The van der Waals surface area contributed by atoms with E-state index in [9.17, 15) is 18.0 Å². The summed E-state index contributed by atoms with van der Waals surface area (Å²) in [4.78, 5) is 32.2. The minimum absolute atomic E-state index is 0.125. The van der Waals surface area contributed by atoms with E-state index >= 15 is 0 Å². The van der Waals surface area contributed by atoms with Gasteiger partial charge in [-0.2, -0.15) is 0 Å². The molecule has 0 fully saturated rings. The summed E-state index contributed by atoms with van der Waals surface area (Å²) in [6.07, 6.45) is 1.19. The predicted molar refractivity (Wildman–Crippen MR) is 107 cm³/mol. The number of rotatable bonds is 4. The van der Waals surface area contributed by atoms with Crippen LogP contribution >= 0.6 is 34.5 Å². The molecule has 0 bridgehead atoms. The summed E-state index contributed by atoms with van der Waals surface area (Å²) in [5.74, 6) is -0.398. The van der Waals surface area contributed by atoms with Crippen LogP contribution in [-0.2, 0) is 16.4 Å². The van der Waals surface area contributed by atoms with Gasteiger partial charge < -0.3 is 4.98 Å². The minimum atomic E-state index is -3.71. The first-order valence-corrected chi connectivity index (χ1v) is 11.0. The smallest absolute Gasteiger partial charge is 0.275 e. The van der Waals surface area contributed by atoms with Crippen LogP contribution in [0.15, 0.2) is 23.0 Å². The molecule has 2 N–H and O–H groups in total. The van der Waals surface area contributed by atoms with Crippen molar-refractivity contribution >= 4 is 60.7 Å². The van der Waals surface area contributed by atoms with Gasteiger partial charge in [0.05, 0.1) is 26.6 Å². The fourth-order valence-electron chi connectivity index (χ4n) is 2.55. The monoisotopic (exact) mass is 445 g/mol. The average Bonchev–Trinajstić information content (AvgIpc) is 2.87. The molecule has 0 aliphatic carbocycles. The third-order valence-electron chi connectivity index (χ3n) is 3.69. The first-order chi connectivity index (χ1) is 12.5. The number of benzene rings is 1. The van der Waals surface area contributed by atoms with Gasteiger partial charge in [0.15, 0.2) is 0 Å². The second-order valence-corrected chi connectivity index (χ2v) is 9.44. The maximum absolute atomic E-state index is 12.5. The molecule has 0 unspecified atom stereocenters. The van der Waals surface area contributed by atoms with Gasteiger partial charge in [-0.15, -0.1) is 11.3 Å². The number of hydrogen-bond donors (Lipinski definition) is 2. The number of halogens is 2. The molecule has 0 saturated heterocycles. The molecule has 27 heavy (non-hydrogen) atoms. The lowest BCUT2D eigenvalue weighted by Crippen LogP contribution is -2.29. The van der Waals surface area contributed by atoms with Gasteiger partial charge in [-0.05, 0) is 30.2 Å². The summed E-state index contributed by atoms with van der Waals surface area (Å²) in [6.45, 7) is 1.57. The number of H-pyrrole nitrogens is 1. The number of nitrogens with one attached hydrogen (secondary N) is 2. The number of aromatic nitrogens is 2. The highest BCUT2D eigenvalue weighted by atomic mass is 35.5. The zero-order chi connectivity index (χ0) is 19.9. The number of thiophene rings is 1. The third-order valence-corrected chi connectivity index (χ3v) is 6.17. The molecule has 7 nitrogen and oxygen atoms in total. The van der Waals surface area contributed by atoms with Crippen molar-refractivity contribution in [2.45, 2.75) is 13.3 Å². The Bertz CT molecular complexity index is 1230. The topological polar surface area (TPSA) is 109 Å². The van der Waals surface area contributed by atoms with Crippen molar-refractivity contribution < 1.29 is 13.2 Å². The Labute approximate surface area is 168 Å². The molecule has 142 valence electrons. The summed E-state index contributed by atoms with van der Waals surface area (Å²) in [5, 5.41) is 1.08. The maximum Gasteiger partial charge on any atom is 0.275 e. The SMILES string of the molecule is Cc1c(C(=O)NS(C)(=O)=O)sc2nc(Cc3ccc(Cl)c(Cl)c3)[nH]c(=O)c12. The standard InChI is InChI=1S/C16H13Cl2N3O4S2/c1-7-12-14(22)19-11(6-8-3-4-9(17)10(18)5-8)20-16(12)26-13(7)15(23)21-27(2,24)25/h3-5H,6H2,1-2H3,(H,21,23)(H,19,20,22). The summed E-state index contributed by atoms with van der Waals surface area (Å²) in [7, 11) is -3.71. The van der Waals surface area contributed by atoms with Crippen molar-refractivity contribution in [1.29, 1.82) is 0 Å². The van der Waals surface area contributed by atoms with Crippen LogP contribution in [0.1, 0.15) is 26.6 Å². The van der Waals surface area contributed by atoms with Crippen LogP contribution < -0.4 is 10.3 Å². The molecule has 3 aromatic rings. The number of carbonyl (C=O) groups excluding carboxylic acids is 1. The van der Waals surface area contributed by atoms with E-state index in [1.165, 1.54) is 0 Å². The lowest BCUT2D eigenvalue weighted by molar-refractivity contribution is 0.0985. The van der Waals surface area contributed by atoms with Crippen LogP contribution in [-0.4, -0.2) is 30.5 Å². The molecule has 0 atom stereocenters. The van der Waals surface area contributed by atoms with Gasteiger partial charge in [0.2, 0.25) is 10.0 Å². The Hall–Kier alpha value is -1.94. The number of nitrogens with zero attached hydrogens (tertiary/aromatic N) is 1. The predicted octanol–water partition coefficient (Wildman–Crippen LogP) is 2.88. The molecule has 0 aliphatic rings. The van der Waals surface area contributed by atoms with E-state index in [0.717, 1.165) is 23.2 Å². The molecule has 2 aromatic heterocycles. The van der Waals surface area contributed by atoms with Gasteiger partial charge in [0.1, 0.15) is 10.7 Å². The summed E-state index contributed by atoms with van der Waals surface area (Å²) in [5.41, 5.74) is 0.781. The highest BCUT2D eigenvalue weighted by Gasteiger charge is 2.21. The van der Waals surface area contributed by atoms with E-state index in [1.54, 1.807) is 25.1 Å². The Morgan fingerprint density at radius 2 is 2.00 bits per heavy atom. The van der Waals surface area contributed by atoms with Crippen LogP contribution in [0.3, 0.4) is 0 Å². The fraction of sp³-hybridized carbons (Fsp3) is 0.188. The zero-order valence-corrected chi connectivity index (χ0v) is 17.2. The fourth-order valence-corrected chi connectivity index (χ4v) is 4.47. The quantitative estimate of drug-likeness (QED) is 0.641.